The highest BCUT2D eigenvalue weighted by molar-refractivity contribution is 5.65. The third-order valence-corrected chi connectivity index (χ3v) is 2.24. The number of ether oxygens (including phenoxy) is 1. The lowest BCUT2D eigenvalue weighted by molar-refractivity contribution is 0.133. The molecule has 0 aliphatic heterocycles. The molecule has 2 atom stereocenters. The smallest absolute Gasteiger partial charge is 0.405 e. The van der Waals surface area contributed by atoms with Gasteiger partial charge in [0.25, 0.3) is 0 Å². The van der Waals surface area contributed by atoms with E-state index in [9.17, 15) is 9.90 Å². The van der Waals surface area contributed by atoms with E-state index in [-0.39, 0.29) is 0 Å². The Bertz CT molecular complexity index is 348. The molecule has 88 valence electrons. The molecular formula is C11H15NO4. The minimum absolute atomic E-state index is 0.636. The number of benzene rings is 1. The Morgan fingerprint density at radius 3 is 2.31 bits per heavy atom. The number of hydrogen-bond donors (Lipinski definition) is 3. The molecule has 0 aliphatic rings. The van der Waals surface area contributed by atoms with Gasteiger partial charge in [0.05, 0.1) is 19.3 Å². The largest absolute Gasteiger partial charge is 0.497 e. The number of aliphatic hydroxyl groups excluding tert-OH is 1. The molecule has 0 radical (unpaired) electrons. The lowest BCUT2D eigenvalue weighted by atomic mass is 10.0. The van der Waals surface area contributed by atoms with E-state index in [1.165, 1.54) is 6.92 Å². The Kier molecular flexibility index (Phi) is 4.13. The number of carbonyl (C=O) groups is 1. The molecule has 0 spiro atoms. The molecule has 0 unspecified atom stereocenters. The van der Waals surface area contributed by atoms with Crippen molar-refractivity contribution in [1.29, 1.82) is 0 Å². The van der Waals surface area contributed by atoms with Crippen molar-refractivity contribution in [2.45, 2.75) is 19.1 Å². The summed E-state index contributed by atoms with van der Waals surface area (Å²) in [7, 11) is 1.55. The summed E-state index contributed by atoms with van der Waals surface area (Å²) in [5, 5.41) is 20.4. The van der Waals surface area contributed by atoms with Crippen LogP contribution in [-0.4, -0.2) is 29.5 Å². The number of aliphatic hydroxyl groups is 1. The van der Waals surface area contributed by atoms with Crippen LogP contribution in [0.2, 0.25) is 0 Å². The Labute approximate surface area is 93.7 Å². The molecule has 5 heteroatoms. The van der Waals surface area contributed by atoms with Gasteiger partial charge in [-0.2, -0.15) is 0 Å². The second-order valence-corrected chi connectivity index (χ2v) is 3.44. The quantitative estimate of drug-likeness (QED) is 0.723. The molecule has 0 fully saturated rings. The Morgan fingerprint density at radius 2 is 1.94 bits per heavy atom. The first-order chi connectivity index (χ1) is 7.54. The van der Waals surface area contributed by atoms with Crippen molar-refractivity contribution < 1.29 is 19.7 Å². The van der Waals surface area contributed by atoms with E-state index in [1.54, 1.807) is 31.4 Å². The average Bonchev–Trinajstić information content (AvgIpc) is 2.25. The van der Waals surface area contributed by atoms with Crippen LogP contribution in [0.25, 0.3) is 0 Å². The summed E-state index contributed by atoms with van der Waals surface area (Å²) in [5.74, 6) is 0.684. The van der Waals surface area contributed by atoms with E-state index in [2.05, 4.69) is 5.32 Å². The van der Waals surface area contributed by atoms with Crippen molar-refractivity contribution in [3.8, 4) is 5.75 Å². The maximum Gasteiger partial charge on any atom is 0.405 e. The van der Waals surface area contributed by atoms with Gasteiger partial charge in [0, 0.05) is 0 Å². The summed E-state index contributed by atoms with van der Waals surface area (Å²) in [6.07, 6.45) is -1.97. The first-order valence-corrected chi connectivity index (χ1v) is 4.86. The van der Waals surface area contributed by atoms with Crippen molar-refractivity contribution in [2.75, 3.05) is 7.11 Å². The van der Waals surface area contributed by atoms with E-state index in [0.717, 1.165) is 0 Å². The van der Waals surface area contributed by atoms with Crippen LogP contribution in [0.1, 0.15) is 18.5 Å². The topological polar surface area (TPSA) is 78.8 Å². The van der Waals surface area contributed by atoms with E-state index in [4.69, 9.17) is 9.84 Å². The predicted octanol–water partition coefficient (Wildman–Crippen LogP) is 1.38. The molecule has 1 rings (SSSR count). The van der Waals surface area contributed by atoms with Gasteiger partial charge in [-0.3, -0.25) is 0 Å². The first kappa shape index (κ1) is 12.3. The fourth-order valence-electron chi connectivity index (χ4n) is 1.43. The highest BCUT2D eigenvalue weighted by Gasteiger charge is 2.19. The van der Waals surface area contributed by atoms with Gasteiger partial charge in [0.1, 0.15) is 5.75 Å². The van der Waals surface area contributed by atoms with Crippen LogP contribution in [0.4, 0.5) is 4.79 Å². The zero-order chi connectivity index (χ0) is 12.1. The van der Waals surface area contributed by atoms with E-state index < -0.39 is 18.2 Å². The summed E-state index contributed by atoms with van der Waals surface area (Å²) >= 11 is 0. The van der Waals surface area contributed by atoms with Crippen LogP contribution in [0.3, 0.4) is 0 Å². The monoisotopic (exact) mass is 225 g/mol. The lowest BCUT2D eigenvalue weighted by Gasteiger charge is -2.20. The van der Waals surface area contributed by atoms with Crippen molar-refractivity contribution in [3.05, 3.63) is 29.8 Å². The second-order valence-electron chi connectivity index (χ2n) is 3.44. The Morgan fingerprint density at radius 1 is 1.38 bits per heavy atom. The van der Waals surface area contributed by atoms with E-state index in [1.807, 2.05) is 0 Å². The summed E-state index contributed by atoms with van der Waals surface area (Å²) < 4.78 is 4.99. The minimum Gasteiger partial charge on any atom is -0.497 e. The molecule has 0 bridgehead atoms. The maximum atomic E-state index is 10.6. The molecule has 1 amide bonds. The van der Waals surface area contributed by atoms with Crippen LogP contribution in [0, 0.1) is 0 Å². The molecule has 0 saturated carbocycles. The number of nitrogens with one attached hydrogen (secondary N) is 1. The Hall–Kier alpha value is -1.75. The van der Waals surface area contributed by atoms with Gasteiger partial charge in [-0.1, -0.05) is 12.1 Å². The summed E-state index contributed by atoms with van der Waals surface area (Å²) in [6.45, 7) is 1.53. The number of methoxy groups -OCH3 is 1. The molecule has 5 nitrogen and oxygen atoms in total. The fourth-order valence-corrected chi connectivity index (χ4v) is 1.43. The van der Waals surface area contributed by atoms with Gasteiger partial charge in [0.15, 0.2) is 0 Å². The Balaban J connectivity index is 2.88. The van der Waals surface area contributed by atoms with Gasteiger partial charge in [-0.05, 0) is 24.6 Å². The van der Waals surface area contributed by atoms with Crippen molar-refractivity contribution in [3.63, 3.8) is 0 Å². The molecule has 0 aliphatic carbocycles. The van der Waals surface area contributed by atoms with Crippen LogP contribution < -0.4 is 10.1 Å². The fraction of sp³-hybridized carbons (Fsp3) is 0.364. The van der Waals surface area contributed by atoms with Gasteiger partial charge < -0.3 is 20.3 Å². The van der Waals surface area contributed by atoms with E-state index in [0.29, 0.717) is 11.3 Å². The van der Waals surface area contributed by atoms with Crippen LogP contribution >= 0.6 is 0 Å². The number of amides is 1. The average molecular weight is 225 g/mol. The number of hydrogen-bond acceptors (Lipinski definition) is 3. The molecular weight excluding hydrogens is 210 g/mol. The van der Waals surface area contributed by atoms with Gasteiger partial charge in [-0.15, -0.1) is 0 Å². The second kappa shape index (κ2) is 5.37. The zero-order valence-corrected chi connectivity index (χ0v) is 9.18. The van der Waals surface area contributed by atoms with Crippen LogP contribution in [0.5, 0.6) is 5.75 Å². The van der Waals surface area contributed by atoms with Crippen LogP contribution in [0.15, 0.2) is 24.3 Å². The third kappa shape index (κ3) is 3.13. The lowest BCUT2D eigenvalue weighted by Crippen LogP contribution is -2.33. The highest BCUT2D eigenvalue weighted by atomic mass is 16.5. The van der Waals surface area contributed by atoms with Gasteiger partial charge >= 0.3 is 6.09 Å². The predicted molar refractivity (Wildman–Crippen MR) is 58.6 cm³/mol. The van der Waals surface area contributed by atoms with E-state index >= 15 is 0 Å². The summed E-state index contributed by atoms with van der Waals surface area (Å²) in [4.78, 5) is 10.6. The van der Waals surface area contributed by atoms with Crippen molar-refractivity contribution in [2.24, 2.45) is 0 Å². The maximum absolute atomic E-state index is 10.6. The number of carboxylic acid groups (broad SMARTS) is 1. The minimum atomic E-state index is -1.17. The molecule has 0 saturated heterocycles. The standard InChI is InChI=1S/C11H15NO4/c1-7(13)10(12-11(14)15)8-3-5-9(16-2)6-4-8/h3-7,10,12-13H,1-2H3,(H,14,15)/t7-,10+/m0/s1. The van der Waals surface area contributed by atoms with Crippen molar-refractivity contribution >= 4 is 6.09 Å². The third-order valence-electron chi connectivity index (χ3n) is 2.24. The molecule has 0 aromatic heterocycles. The molecule has 1 aromatic rings. The van der Waals surface area contributed by atoms with Gasteiger partial charge in [0.2, 0.25) is 0 Å². The summed E-state index contributed by atoms with van der Waals surface area (Å²) in [6, 6.07) is 6.23. The van der Waals surface area contributed by atoms with Crippen molar-refractivity contribution in [1.82, 2.24) is 5.32 Å². The highest BCUT2D eigenvalue weighted by Crippen LogP contribution is 2.20. The number of rotatable bonds is 4. The molecule has 0 heterocycles. The summed E-state index contributed by atoms with van der Waals surface area (Å²) in [5.41, 5.74) is 0.693. The first-order valence-electron chi connectivity index (χ1n) is 4.86. The van der Waals surface area contributed by atoms with Gasteiger partial charge in [-0.25, -0.2) is 4.79 Å². The molecule has 3 N–H and O–H groups in total. The SMILES string of the molecule is COc1ccc([C@H](NC(=O)O)[C@H](C)O)cc1. The molecule has 1 aromatic carbocycles. The van der Waals surface area contributed by atoms with Crippen LogP contribution in [-0.2, 0) is 0 Å². The normalized spacial score (nSPS) is 13.9. The molecule has 16 heavy (non-hydrogen) atoms. The zero-order valence-electron chi connectivity index (χ0n) is 9.18.